The van der Waals surface area contributed by atoms with E-state index in [2.05, 4.69) is 23.8 Å². The smallest absolute Gasteiger partial charge is 0.253 e. The molecule has 1 aliphatic heterocycles. The Balaban J connectivity index is 1.68. The molecule has 1 amide bonds. The van der Waals surface area contributed by atoms with Gasteiger partial charge in [-0.2, -0.15) is 5.10 Å². The zero-order valence-corrected chi connectivity index (χ0v) is 14.0. The van der Waals surface area contributed by atoms with Gasteiger partial charge in [0, 0.05) is 50.2 Å². The third kappa shape index (κ3) is 3.29. The van der Waals surface area contributed by atoms with Crippen LogP contribution >= 0.6 is 0 Å². The standard InChI is InChI=1S/C18H24N4O/c1-14(2)21-12-9-17(13-21)20(3)18(23)15-5-7-16(8-6-15)22-11-4-10-19-22/h4-8,10-11,14,17H,9,12-13H2,1-3H3/t17-/m1/s1. The normalized spacial score (nSPS) is 18.5. The number of likely N-dealkylation sites (tertiary alicyclic amines) is 1. The van der Waals surface area contributed by atoms with Crippen molar-refractivity contribution in [1.29, 1.82) is 0 Å². The highest BCUT2D eigenvalue weighted by atomic mass is 16.2. The highest BCUT2D eigenvalue weighted by Crippen LogP contribution is 2.19. The second kappa shape index (κ2) is 6.54. The van der Waals surface area contributed by atoms with Crippen LogP contribution in [0.3, 0.4) is 0 Å². The van der Waals surface area contributed by atoms with Gasteiger partial charge in [0.1, 0.15) is 0 Å². The Kier molecular flexibility index (Phi) is 4.48. The van der Waals surface area contributed by atoms with E-state index in [1.807, 2.05) is 48.5 Å². The zero-order chi connectivity index (χ0) is 16.4. The Hall–Kier alpha value is -2.14. The molecule has 1 aliphatic rings. The molecule has 1 aromatic heterocycles. The number of likely N-dealkylation sites (N-methyl/N-ethyl adjacent to an activating group) is 1. The first-order chi connectivity index (χ1) is 11.1. The van der Waals surface area contributed by atoms with Crippen molar-refractivity contribution in [3.8, 4) is 5.69 Å². The van der Waals surface area contributed by atoms with E-state index in [9.17, 15) is 4.79 Å². The van der Waals surface area contributed by atoms with Crippen LogP contribution in [-0.2, 0) is 0 Å². The van der Waals surface area contributed by atoms with Gasteiger partial charge in [-0.05, 0) is 50.6 Å². The van der Waals surface area contributed by atoms with Crippen LogP contribution in [0.4, 0.5) is 0 Å². The molecule has 0 aliphatic carbocycles. The second-order valence-corrected chi connectivity index (χ2v) is 6.44. The van der Waals surface area contributed by atoms with Crippen LogP contribution in [0, 0.1) is 0 Å². The summed E-state index contributed by atoms with van der Waals surface area (Å²) in [5.74, 6) is 0.0904. The van der Waals surface area contributed by atoms with Crippen molar-refractivity contribution in [2.24, 2.45) is 0 Å². The molecular formula is C18H24N4O. The quantitative estimate of drug-likeness (QED) is 0.870. The topological polar surface area (TPSA) is 41.4 Å². The van der Waals surface area contributed by atoms with Crippen LogP contribution in [0.1, 0.15) is 30.6 Å². The second-order valence-electron chi connectivity index (χ2n) is 6.44. The van der Waals surface area contributed by atoms with E-state index in [1.165, 1.54) is 0 Å². The third-order valence-electron chi connectivity index (χ3n) is 4.68. The van der Waals surface area contributed by atoms with E-state index in [0.29, 0.717) is 12.1 Å². The summed E-state index contributed by atoms with van der Waals surface area (Å²) in [6, 6.07) is 10.3. The average Bonchev–Trinajstić information content (AvgIpc) is 3.25. The Morgan fingerprint density at radius 1 is 1.30 bits per heavy atom. The molecule has 1 saturated heterocycles. The molecule has 0 N–H and O–H groups in total. The molecule has 2 aromatic rings. The summed E-state index contributed by atoms with van der Waals surface area (Å²) in [6.07, 6.45) is 4.68. The van der Waals surface area contributed by atoms with Crippen molar-refractivity contribution >= 4 is 5.91 Å². The predicted octanol–water partition coefficient (Wildman–Crippen LogP) is 2.43. The summed E-state index contributed by atoms with van der Waals surface area (Å²) in [4.78, 5) is 17.0. The van der Waals surface area contributed by atoms with Crippen molar-refractivity contribution in [2.75, 3.05) is 20.1 Å². The van der Waals surface area contributed by atoms with Gasteiger partial charge >= 0.3 is 0 Å². The van der Waals surface area contributed by atoms with E-state index in [0.717, 1.165) is 30.8 Å². The van der Waals surface area contributed by atoms with Crippen LogP contribution in [0.25, 0.3) is 5.69 Å². The van der Waals surface area contributed by atoms with Gasteiger partial charge in [-0.1, -0.05) is 0 Å². The van der Waals surface area contributed by atoms with Crippen molar-refractivity contribution in [1.82, 2.24) is 19.6 Å². The Morgan fingerprint density at radius 3 is 2.61 bits per heavy atom. The maximum Gasteiger partial charge on any atom is 0.253 e. The fourth-order valence-corrected chi connectivity index (χ4v) is 3.10. The molecule has 5 nitrogen and oxygen atoms in total. The van der Waals surface area contributed by atoms with E-state index in [1.54, 1.807) is 10.9 Å². The minimum absolute atomic E-state index is 0.0904. The highest BCUT2D eigenvalue weighted by molar-refractivity contribution is 5.94. The molecule has 0 spiro atoms. The number of aromatic nitrogens is 2. The molecule has 0 bridgehead atoms. The van der Waals surface area contributed by atoms with Crippen molar-refractivity contribution < 1.29 is 4.79 Å². The summed E-state index contributed by atoms with van der Waals surface area (Å²) in [5, 5.41) is 4.20. The molecule has 23 heavy (non-hydrogen) atoms. The van der Waals surface area contributed by atoms with Crippen molar-refractivity contribution in [2.45, 2.75) is 32.4 Å². The molecule has 122 valence electrons. The lowest BCUT2D eigenvalue weighted by molar-refractivity contribution is 0.0732. The minimum atomic E-state index is 0.0904. The third-order valence-corrected chi connectivity index (χ3v) is 4.68. The van der Waals surface area contributed by atoms with Gasteiger partial charge in [0.15, 0.2) is 0 Å². The fraction of sp³-hybridized carbons (Fsp3) is 0.444. The maximum atomic E-state index is 12.7. The molecular weight excluding hydrogens is 288 g/mol. The monoisotopic (exact) mass is 312 g/mol. The van der Waals surface area contributed by atoms with Crippen LogP contribution in [0.2, 0.25) is 0 Å². The highest BCUT2D eigenvalue weighted by Gasteiger charge is 2.29. The largest absolute Gasteiger partial charge is 0.337 e. The zero-order valence-electron chi connectivity index (χ0n) is 14.0. The molecule has 1 aromatic carbocycles. The molecule has 1 atom stereocenters. The van der Waals surface area contributed by atoms with Crippen LogP contribution in [-0.4, -0.2) is 57.7 Å². The summed E-state index contributed by atoms with van der Waals surface area (Å²) < 4.78 is 1.79. The Labute approximate surface area is 137 Å². The lowest BCUT2D eigenvalue weighted by Gasteiger charge is -2.26. The van der Waals surface area contributed by atoms with E-state index in [-0.39, 0.29) is 5.91 Å². The maximum absolute atomic E-state index is 12.7. The lowest BCUT2D eigenvalue weighted by atomic mass is 10.1. The van der Waals surface area contributed by atoms with Gasteiger partial charge in [-0.3, -0.25) is 9.69 Å². The predicted molar refractivity (Wildman–Crippen MR) is 90.8 cm³/mol. The van der Waals surface area contributed by atoms with Gasteiger partial charge < -0.3 is 4.90 Å². The van der Waals surface area contributed by atoms with Crippen molar-refractivity contribution in [3.63, 3.8) is 0 Å². The molecule has 0 radical (unpaired) electrons. The van der Waals surface area contributed by atoms with Gasteiger partial charge in [-0.25, -0.2) is 4.68 Å². The molecule has 0 saturated carbocycles. The fourth-order valence-electron chi connectivity index (χ4n) is 3.10. The van der Waals surface area contributed by atoms with Gasteiger partial charge in [0.05, 0.1) is 5.69 Å². The van der Waals surface area contributed by atoms with E-state index < -0.39 is 0 Å². The number of carbonyl (C=O) groups is 1. The number of nitrogens with zero attached hydrogens (tertiary/aromatic N) is 4. The first-order valence-corrected chi connectivity index (χ1v) is 8.17. The van der Waals surface area contributed by atoms with Crippen LogP contribution < -0.4 is 0 Å². The summed E-state index contributed by atoms with van der Waals surface area (Å²) in [7, 11) is 1.91. The molecule has 2 heterocycles. The Morgan fingerprint density at radius 2 is 2.04 bits per heavy atom. The number of hydrogen-bond donors (Lipinski definition) is 0. The lowest BCUT2D eigenvalue weighted by Crippen LogP contribution is -2.40. The number of amides is 1. The average molecular weight is 312 g/mol. The Bertz CT molecular complexity index is 648. The molecule has 5 heteroatoms. The summed E-state index contributed by atoms with van der Waals surface area (Å²) in [6.45, 7) is 6.44. The van der Waals surface area contributed by atoms with Crippen LogP contribution in [0.5, 0.6) is 0 Å². The van der Waals surface area contributed by atoms with Crippen LogP contribution in [0.15, 0.2) is 42.7 Å². The SMILES string of the molecule is CC(C)N1CC[C@@H](N(C)C(=O)c2ccc(-n3cccn3)cc2)C1. The van der Waals surface area contributed by atoms with Crippen molar-refractivity contribution in [3.05, 3.63) is 48.3 Å². The number of carbonyl (C=O) groups excluding carboxylic acids is 1. The molecule has 1 fully saturated rings. The summed E-state index contributed by atoms with van der Waals surface area (Å²) in [5.41, 5.74) is 1.69. The van der Waals surface area contributed by atoms with E-state index in [4.69, 9.17) is 0 Å². The van der Waals surface area contributed by atoms with E-state index >= 15 is 0 Å². The number of hydrogen-bond acceptors (Lipinski definition) is 3. The first kappa shape index (κ1) is 15.7. The molecule has 0 unspecified atom stereocenters. The first-order valence-electron chi connectivity index (χ1n) is 8.17. The summed E-state index contributed by atoms with van der Waals surface area (Å²) >= 11 is 0. The molecule has 3 rings (SSSR count). The number of benzene rings is 1. The van der Waals surface area contributed by atoms with Gasteiger partial charge in [0.2, 0.25) is 0 Å². The number of rotatable bonds is 4. The van der Waals surface area contributed by atoms with Gasteiger partial charge in [-0.15, -0.1) is 0 Å². The van der Waals surface area contributed by atoms with Gasteiger partial charge in [0.25, 0.3) is 5.91 Å². The minimum Gasteiger partial charge on any atom is -0.337 e.